The van der Waals surface area contributed by atoms with Crippen molar-refractivity contribution in [2.75, 3.05) is 5.32 Å². The minimum absolute atomic E-state index is 0.0828. The van der Waals surface area contributed by atoms with Crippen LogP contribution in [0.1, 0.15) is 21.5 Å². The Morgan fingerprint density at radius 2 is 2.00 bits per heavy atom. The predicted octanol–water partition coefficient (Wildman–Crippen LogP) is 3.78. The summed E-state index contributed by atoms with van der Waals surface area (Å²) in [5, 5.41) is 2.54. The molecule has 0 aliphatic rings. The molecule has 0 unspecified atom stereocenters. The number of nitrogens with two attached hydrogens (primary N) is 1. The van der Waals surface area contributed by atoms with Crippen molar-refractivity contribution in [3.8, 4) is 0 Å². The molecule has 0 heterocycles. The Morgan fingerprint density at radius 1 is 1.29 bits per heavy atom. The van der Waals surface area contributed by atoms with Crippen LogP contribution in [0, 0.1) is 12.7 Å². The van der Waals surface area contributed by atoms with E-state index in [0.29, 0.717) is 11.1 Å². The molecule has 0 atom stereocenters. The van der Waals surface area contributed by atoms with E-state index in [1.54, 1.807) is 12.1 Å². The number of halogens is 2. The number of aryl methyl sites for hydroxylation is 1. The summed E-state index contributed by atoms with van der Waals surface area (Å²) in [6.07, 6.45) is 0. The Balaban J connectivity index is 2.27. The van der Waals surface area contributed by atoms with E-state index in [2.05, 4.69) is 21.2 Å². The lowest BCUT2D eigenvalue weighted by atomic mass is 10.1. The molecule has 0 aliphatic carbocycles. The average Bonchev–Trinajstić information content (AvgIpc) is 2.43. The number of thiocarbonyl (C=S) groups is 1. The van der Waals surface area contributed by atoms with Gasteiger partial charge in [0.1, 0.15) is 10.8 Å². The Kier molecular flexibility index (Phi) is 4.69. The van der Waals surface area contributed by atoms with Gasteiger partial charge in [0.2, 0.25) is 0 Å². The Morgan fingerprint density at radius 3 is 2.62 bits per heavy atom. The highest BCUT2D eigenvalue weighted by atomic mass is 79.9. The monoisotopic (exact) mass is 366 g/mol. The van der Waals surface area contributed by atoms with E-state index in [1.807, 2.05) is 19.1 Å². The Labute approximate surface area is 135 Å². The molecule has 0 saturated heterocycles. The van der Waals surface area contributed by atoms with Crippen LogP contribution in [-0.2, 0) is 0 Å². The fourth-order valence-electron chi connectivity index (χ4n) is 1.80. The summed E-state index contributed by atoms with van der Waals surface area (Å²) in [4.78, 5) is 12.3. The highest BCUT2D eigenvalue weighted by molar-refractivity contribution is 9.10. The molecule has 0 aliphatic heterocycles. The van der Waals surface area contributed by atoms with Gasteiger partial charge in [-0.3, -0.25) is 4.79 Å². The van der Waals surface area contributed by atoms with E-state index in [1.165, 1.54) is 12.1 Å². The standard InChI is InChI=1S/C15H12BrFN2OS/c1-8-2-4-10(16)7-11(8)15(20)19-13-5-3-9(14(18)21)6-12(13)17/h2-7H,1H3,(H2,18,21)(H,19,20). The molecular weight excluding hydrogens is 355 g/mol. The topological polar surface area (TPSA) is 55.1 Å². The second-order valence-corrected chi connectivity index (χ2v) is 5.83. The van der Waals surface area contributed by atoms with Gasteiger partial charge in [0.15, 0.2) is 0 Å². The first-order valence-corrected chi connectivity index (χ1v) is 7.25. The van der Waals surface area contributed by atoms with Crippen LogP contribution in [0.2, 0.25) is 0 Å². The normalized spacial score (nSPS) is 10.2. The lowest BCUT2D eigenvalue weighted by Crippen LogP contribution is -2.15. The van der Waals surface area contributed by atoms with Crippen molar-refractivity contribution in [2.45, 2.75) is 6.92 Å². The van der Waals surface area contributed by atoms with Gasteiger partial charge in [0.25, 0.3) is 5.91 Å². The zero-order chi connectivity index (χ0) is 15.6. The summed E-state index contributed by atoms with van der Waals surface area (Å²) < 4.78 is 14.7. The molecule has 21 heavy (non-hydrogen) atoms. The van der Waals surface area contributed by atoms with E-state index >= 15 is 0 Å². The molecule has 3 nitrogen and oxygen atoms in total. The van der Waals surface area contributed by atoms with Crippen LogP contribution in [0.3, 0.4) is 0 Å². The van der Waals surface area contributed by atoms with Crippen molar-refractivity contribution >= 4 is 44.7 Å². The maximum absolute atomic E-state index is 13.9. The number of hydrogen-bond acceptors (Lipinski definition) is 2. The molecule has 0 saturated carbocycles. The minimum atomic E-state index is -0.582. The lowest BCUT2D eigenvalue weighted by Gasteiger charge is -2.10. The molecule has 0 radical (unpaired) electrons. The smallest absolute Gasteiger partial charge is 0.256 e. The summed E-state index contributed by atoms with van der Waals surface area (Å²) in [6.45, 7) is 1.81. The predicted molar refractivity (Wildman–Crippen MR) is 89.1 cm³/mol. The molecule has 6 heteroatoms. The number of anilines is 1. The van der Waals surface area contributed by atoms with Crippen molar-refractivity contribution in [1.82, 2.24) is 0 Å². The molecule has 2 aromatic carbocycles. The first-order chi connectivity index (χ1) is 9.88. The molecule has 0 spiro atoms. The summed E-state index contributed by atoms with van der Waals surface area (Å²) in [7, 11) is 0. The second kappa shape index (κ2) is 6.32. The molecule has 0 fully saturated rings. The van der Waals surface area contributed by atoms with Crippen molar-refractivity contribution in [3.63, 3.8) is 0 Å². The first-order valence-electron chi connectivity index (χ1n) is 6.05. The fourth-order valence-corrected chi connectivity index (χ4v) is 2.29. The molecular formula is C15H12BrFN2OS. The maximum atomic E-state index is 13.9. The highest BCUT2D eigenvalue weighted by Gasteiger charge is 2.13. The number of rotatable bonds is 3. The van der Waals surface area contributed by atoms with Gasteiger partial charge in [-0.2, -0.15) is 0 Å². The second-order valence-electron chi connectivity index (χ2n) is 4.47. The van der Waals surface area contributed by atoms with Gasteiger partial charge in [0, 0.05) is 15.6 Å². The van der Waals surface area contributed by atoms with E-state index < -0.39 is 5.82 Å². The van der Waals surface area contributed by atoms with Gasteiger partial charge in [-0.1, -0.05) is 34.2 Å². The van der Waals surface area contributed by atoms with Crippen molar-refractivity contribution in [2.24, 2.45) is 5.73 Å². The molecule has 3 N–H and O–H groups in total. The minimum Gasteiger partial charge on any atom is -0.389 e. The molecule has 2 rings (SSSR count). The highest BCUT2D eigenvalue weighted by Crippen LogP contribution is 2.20. The van der Waals surface area contributed by atoms with Crippen LogP contribution in [-0.4, -0.2) is 10.9 Å². The van der Waals surface area contributed by atoms with Crippen molar-refractivity contribution in [3.05, 3.63) is 63.4 Å². The number of amides is 1. The van der Waals surface area contributed by atoms with Gasteiger partial charge in [-0.05, 0) is 42.8 Å². The molecule has 1 amide bonds. The van der Waals surface area contributed by atoms with E-state index in [9.17, 15) is 9.18 Å². The van der Waals surface area contributed by atoms with Gasteiger partial charge < -0.3 is 11.1 Å². The van der Waals surface area contributed by atoms with Crippen LogP contribution < -0.4 is 11.1 Å². The molecule has 0 bridgehead atoms. The Bertz CT molecular complexity index is 734. The number of nitrogens with one attached hydrogen (secondary N) is 1. The lowest BCUT2D eigenvalue weighted by molar-refractivity contribution is 0.102. The zero-order valence-corrected chi connectivity index (χ0v) is 13.5. The summed E-state index contributed by atoms with van der Waals surface area (Å²) in [5.74, 6) is -0.961. The third kappa shape index (κ3) is 3.65. The third-order valence-corrected chi connectivity index (χ3v) is 3.68. The van der Waals surface area contributed by atoms with Gasteiger partial charge in [-0.25, -0.2) is 4.39 Å². The fraction of sp³-hybridized carbons (Fsp3) is 0.0667. The van der Waals surface area contributed by atoms with E-state index in [-0.39, 0.29) is 16.6 Å². The quantitative estimate of drug-likeness (QED) is 0.812. The van der Waals surface area contributed by atoms with Gasteiger partial charge in [-0.15, -0.1) is 0 Å². The SMILES string of the molecule is Cc1ccc(Br)cc1C(=O)Nc1ccc(C(N)=S)cc1F. The third-order valence-electron chi connectivity index (χ3n) is 2.95. The van der Waals surface area contributed by atoms with Crippen molar-refractivity contribution in [1.29, 1.82) is 0 Å². The summed E-state index contributed by atoms with van der Waals surface area (Å²) in [6, 6.07) is 9.54. The van der Waals surface area contributed by atoms with E-state index in [4.69, 9.17) is 18.0 Å². The largest absolute Gasteiger partial charge is 0.389 e. The van der Waals surface area contributed by atoms with Crippen LogP contribution >= 0.6 is 28.1 Å². The van der Waals surface area contributed by atoms with Crippen LogP contribution in [0.25, 0.3) is 0 Å². The molecule has 0 aromatic heterocycles. The van der Waals surface area contributed by atoms with Gasteiger partial charge in [0.05, 0.1) is 5.69 Å². The molecule has 108 valence electrons. The van der Waals surface area contributed by atoms with E-state index in [0.717, 1.165) is 10.0 Å². The van der Waals surface area contributed by atoms with Crippen molar-refractivity contribution < 1.29 is 9.18 Å². The first kappa shape index (κ1) is 15.6. The van der Waals surface area contributed by atoms with Crippen LogP contribution in [0.4, 0.5) is 10.1 Å². The van der Waals surface area contributed by atoms with Crippen LogP contribution in [0.5, 0.6) is 0 Å². The number of hydrogen-bond donors (Lipinski definition) is 2. The van der Waals surface area contributed by atoms with Gasteiger partial charge >= 0.3 is 0 Å². The average molecular weight is 367 g/mol. The summed E-state index contributed by atoms with van der Waals surface area (Å²) >= 11 is 8.09. The zero-order valence-electron chi connectivity index (χ0n) is 11.1. The molecule has 2 aromatic rings. The van der Waals surface area contributed by atoms with Crippen LogP contribution in [0.15, 0.2) is 40.9 Å². The number of carbonyl (C=O) groups excluding carboxylic acids is 1. The summed E-state index contributed by atoms with van der Waals surface area (Å²) in [5.41, 5.74) is 7.21. The maximum Gasteiger partial charge on any atom is 0.256 e. The number of carbonyl (C=O) groups is 1. The Hall–Kier alpha value is -1.79. The number of benzene rings is 2.